The Morgan fingerprint density at radius 3 is 2.59 bits per heavy atom. The Morgan fingerprint density at radius 2 is 2.06 bits per heavy atom. The molecule has 1 aliphatic carbocycles. The van der Waals surface area contributed by atoms with Crippen LogP contribution in [0.4, 0.5) is 5.69 Å². The number of hydrogen-bond donors (Lipinski definition) is 1. The minimum Gasteiger partial charge on any atom is -0.506 e. The predicted octanol–water partition coefficient (Wildman–Crippen LogP) is 1.65. The Labute approximate surface area is 95.3 Å². The molecule has 0 atom stereocenters. The summed E-state index contributed by atoms with van der Waals surface area (Å²) in [7, 11) is 0. The second-order valence-corrected chi connectivity index (χ2v) is 3.57. The van der Waals surface area contributed by atoms with Crippen LogP contribution in [0.15, 0.2) is 23.8 Å². The second-order valence-electron chi connectivity index (χ2n) is 3.57. The van der Waals surface area contributed by atoms with Gasteiger partial charge in [-0.3, -0.25) is 19.7 Å². The van der Waals surface area contributed by atoms with Crippen molar-refractivity contribution >= 4 is 23.0 Å². The van der Waals surface area contributed by atoms with E-state index in [0.717, 1.165) is 13.0 Å². The Kier molecular flexibility index (Phi) is 2.27. The zero-order chi connectivity index (χ0) is 12.7. The van der Waals surface area contributed by atoms with Gasteiger partial charge in [0.05, 0.1) is 4.92 Å². The summed E-state index contributed by atoms with van der Waals surface area (Å²) in [4.78, 5) is 33.1. The number of aliphatic hydroxyl groups excluding tert-OH is 1. The van der Waals surface area contributed by atoms with E-state index in [4.69, 9.17) is 0 Å². The number of nitro groups is 1. The molecule has 0 bridgehead atoms. The van der Waals surface area contributed by atoms with Gasteiger partial charge in [0, 0.05) is 11.6 Å². The molecule has 17 heavy (non-hydrogen) atoms. The number of nitrogens with zero attached hydrogens (tertiary/aromatic N) is 1. The van der Waals surface area contributed by atoms with E-state index in [1.807, 2.05) is 0 Å². The molecule has 0 aliphatic heterocycles. The lowest BCUT2D eigenvalue weighted by atomic mass is 10.0. The first-order valence-electron chi connectivity index (χ1n) is 4.71. The predicted molar refractivity (Wildman–Crippen MR) is 57.7 cm³/mol. The first kappa shape index (κ1) is 11.0. The molecule has 1 aromatic rings. The Hall–Kier alpha value is -2.50. The van der Waals surface area contributed by atoms with Crippen LogP contribution in [0.2, 0.25) is 0 Å². The van der Waals surface area contributed by atoms with Crippen molar-refractivity contribution in [2.45, 2.75) is 6.92 Å². The third-order valence-corrected chi connectivity index (χ3v) is 2.54. The van der Waals surface area contributed by atoms with E-state index < -0.39 is 33.5 Å². The number of benzene rings is 1. The molecule has 0 fully saturated rings. The van der Waals surface area contributed by atoms with Crippen LogP contribution in [-0.4, -0.2) is 21.6 Å². The van der Waals surface area contributed by atoms with Crippen LogP contribution >= 0.6 is 0 Å². The van der Waals surface area contributed by atoms with Crippen LogP contribution in [0.3, 0.4) is 0 Å². The third kappa shape index (κ3) is 1.42. The first-order chi connectivity index (χ1) is 7.95. The Morgan fingerprint density at radius 1 is 1.41 bits per heavy atom. The molecule has 1 aliphatic rings. The molecular formula is C11H7NO5. The fourth-order valence-electron chi connectivity index (χ4n) is 1.82. The highest BCUT2D eigenvalue weighted by molar-refractivity contribution is 6.34. The van der Waals surface area contributed by atoms with Crippen molar-refractivity contribution in [3.8, 4) is 0 Å². The number of carbonyl (C=O) groups excluding carboxylic acids is 2. The smallest absolute Gasteiger partial charge is 0.281 e. The summed E-state index contributed by atoms with van der Waals surface area (Å²) in [6, 6.07) is 3.88. The van der Waals surface area contributed by atoms with E-state index in [2.05, 4.69) is 0 Å². The molecule has 6 heteroatoms. The van der Waals surface area contributed by atoms with E-state index in [-0.39, 0.29) is 11.1 Å². The molecule has 86 valence electrons. The van der Waals surface area contributed by atoms with E-state index >= 15 is 0 Å². The largest absolute Gasteiger partial charge is 0.506 e. The monoisotopic (exact) mass is 233 g/mol. The van der Waals surface area contributed by atoms with Gasteiger partial charge in [-0.25, -0.2) is 0 Å². The Bertz CT molecular complexity index is 600. The van der Waals surface area contributed by atoms with Gasteiger partial charge in [-0.15, -0.1) is 0 Å². The van der Waals surface area contributed by atoms with Gasteiger partial charge >= 0.3 is 0 Å². The van der Waals surface area contributed by atoms with Gasteiger partial charge in [0.1, 0.15) is 16.9 Å². The zero-order valence-corrected chi connectivity index (χ0v) is 8.76. The highest BCUT2D eigenvalue weighted by Gasteiger charge is 2.37. The number of aliphatic hydroxyl groups is 1. The normalized spacial score (nSPS) is 13.8. The lowest BCUT2D eigenvalue weighted by Crippen LogP contribution is -2.08. The molecule has 0 saturated carbocycles. The van der Waals surface area contributed by atoms with E-state index in [1.165, 1.54) is 12.1 Å². The summed E-state index contributed by atoms with van der Waals surface area (Å²) in [6.45, 7) is 1.13. The van der Waals surface area contributed by atoms with Crippen LogP contribution in [-0.2, 0) is 4.79 Å². The maximum Gasteiger partial charge on any atom is 0.281 e. The average Bonchev–Trinajstić information content (AvgIpc) is 2.51. The van der Waals surface area contributed by atoms with Crippen LogP contribution in [0.1, 0.15) is 22.8 Å². The average molecular weight is 233 g/mol. The van der Waals surface area contributed by atoms with Crippen LogP contribution < -0.4 is 0 Å². The molecule has 0 heterocycles. The van der Waals surface area contributed by atoms with Gasteiger partial charge in [0.2, 0.25) is 5.78 Å². The number of rotatable bonds is 2. The summed E-state index contributed by atoms with van der Waals surface area (Å²) in [5.41, 5.74) is -0.987. The van der Waals surface area contributed by atoms with Crippen molar-refractivity contribution < 1.29 is 19.6 Å². The summed E-state index contributed by atoms with van der Waals surface area (Å²) in [6.07, 6.45) is 0. The molecule has 1 aromatic carbocycles. The minimum absolute atomic E-state index is 0.0365. The lowest BCUT2D eigenvalue weighted by Gasteiger charge is -1.98. The standard InChI is InChI=1S/C11H7NO5/c1-5(13)8-10(14)6-3-2-4-7(12(16)17)9(6)11(8)15/h2-4,14H,1H3. The van der Waals surface area contributed by atoms with Crippen molar-refractivity contribution in [3.05, 3.63) is 45.0 Å². The van der Waals surface area contributed by atoms with Crippen molar-refractivity contribution in [3.63, 3.8) is 0 Å². The highest BCUT2D eigenvalue weighted by Crippen LogP contribution is 2.36. The van der Waals surface area contributed by atoms with Gasteiger partial charge in [0.15, 0.2) is 5.78 Å². The molecule has 0 radical (unpaired) electrons. The van der Waals surface area contributed by atoms with Crippen molar-refractivity contribution in [2.75, 3.05) is 0 Å². The molecule has 6 nitrogen and oxygen atoms in total. The fourth-order valence-corrected chi connectivity index (χ4v) is 1.82. The van der Waals surface area contributed by atoms with E-state index in [9.17, 15) is 24.8 Å². The molecule has 0 saturated heterocycles. The number of allylic oxidation sites excluding steroid dienone is 1. The topological polar surface area (TPSA) is 97.5 Å². The second kappa shape index (κ2) is 3.51. The number of hydrogen-bond acceptors (Lipinski definition) is 5. The van der Waals surface area contributed by atoms with Crippen molar-refractivity contribution in [2.24, 2.45) is 0 Å². The molecule has 1 N–H and O–H groups in total. The third-order valence-electron chi connectivity index (χ3n) is 2.54. The fraction of sp³-hybridized carbons (Fsp3) is 0.0909. The maximum absolute atomic E-state index is 11.8. The first-order valence-corrected chi connectivity index (χ1v) is 4.71. The highest BCUT2D eigenvalue weighted by atomic mass is 16.6. The van der Waals surface area contributed by atoms with Gasteiger partial charge in [-0.1, -0.05) is 6.07 Å². The van der Waals surface area contributed by atoms with Crippen LogP contribution in [0.5, 0.6) is 0 Å². The molecule has 2 rings (SSSR count). The summed E-state index contributed by atoms with van der Waals surface area (Å²) in [5.74, 6) is -1.89. The number of nitro benzene ring substituents is 1. The number of Topliss-reactive ketones (excluding diaryl/α,β-unsaturated/α-hetero) is 2. The van der Waals surface area contributed by atoms with Crippen molar-refractivity contribution in [1.82, 2.24) is 0 Å². The summed E-state index contributed by atoms with van der Waals surface area (Å²) >= 11 is 0. The lowest BCUT2D eigenvalue weighted by molar-refractivity contribution is -0.385. The van der Waals surface area contributed by atoms with Gasteiger partial charge in [-0.05, 0) is 13.0 Å². The Balaban J connectivity index is 2.74. The maximum atomic E-state index is 11.8. The van der Waals surface area contributed by atoms with E-state index in [0.29, 0.717) is 0 Å². The number of carbonyl (C=O) groups is 2. The zero-order valence-electron chi connectivity index (χ0n) is 8.76. The molecule has 0 amide bonds. The minimum atomic E-state index is -0.794. The van der Waals surface area contributed by atoms with E-state index in [1.54, 1.807) is 0 Å². The van der Waals surface area contributed by atoms with Crippen molar-refractivity contribution in [1.29, 1.82) is 0 Å². The van der Waals surface area contributed by atoms with Gasteiger partial charge in [-0.2, -0.15) is 0 Å². The molecule has 0 unspecified atom stereocenters. The number of ketones is 2. The summed E-state index contributed by atoms with van der Waals surface area (Å²) < 4.78 is 0. The number of fused-ring (bicyclic) bond motifs is 1. The van der Waals surface area contributed by atoms with Gasteiger partial charge < -0.3 is 5.11 Å². The molecule has 0 spiro atoms. The van der Waals surface area contributed by atoms with Gasteiger partial charge in [0.25, 0.3) is 5.69 Å². The molecular weight excluding hydrogens is 226 g/mol. The quantitative estimate of drug-likeness (QED) is 0.475. The van der Waals surface area contributed by atoms with Crippen LogP contribution in [0, 0.1) is 10.1 Å². The SMILES string of the molecule is CC(=O)C1=C(O)c2cccc([N+](=O)[O-])c2C1=O. The van der Waals surface area contributed by atoms with Crippen LogP contribution in [0.25, 0.3) is 5.76 Å². The summed E-state index contributed by atoms with van der Waals surface area (Å²) in [5, 5.41) is 20.5. The molecule has 0 aromatic heterocycles.